The van der Waals surface area contributed by atoms with E-state index in [2.05, 4.69) is 10.6 Å². The van der Waals surface area contributed by atoms with Crippen LogP contribution in [0.1, 0.15) is 45.2 Å². The quantitative estimate of drug-likeness (QED) is 0.796. The largest absolute Gasteiger partial charge is 0.352 e. The van der Waals surface area contributed by atoms with Crippen molar-refractivity contribution in [2.45, 2.75) is 45.7 Å². The number of rotatable bonds is 7. The summed E-state index contributed by atoms with van der Waals surface area (Å²) in [4.78, 5) is 11.7. The molecule has 0 aliphatic carbocycles. The Morgan fingerprint density at radius 3 is 2.47 bits per heavy atom. The molecule has 0 aromatic heterocycles. The molecule has 2 N–H and O–H groups in total. The van der Waals surface area contributed by atoms with Crippen molar-refractivity contribution < 1.29 is 9.18 Å². The molecule has 0 saturated carbocycles. The molecule has 106 valence electrons. The van der Waals surface area contributed by atoms with Gasteiger partial charge in [0.2, 0.25) is 5.91 Å². The molecular formula is C15H23FN2O. The zero-order chi connectivity index (χ0) is 14.3. The van der Waals surface area contributed by atoms with Gasteiger partial charge in [-0.3, -0.25) is 4.79 Å². The van der Waals surface area contributed by atoms with E-state index in [9.17, 15) is 9.18 Å². The van der Waals surface area contributed by atoms with Crippen LogP contribution in [0.3, 0.4) is 0 Å². The van der Waals surface area contributed by atoms with E-state index in [4.69, 9.17) is 0 Å². The third-order valence-electron chi connectivity index (χ3n) is 3.29. The van der Waals surface area contributed by atoms with Crippen LogP contribution in [-0.4, -0.2) is 18.5 Å². The Morgan fingerprint density at radius 1 is 1.26 bits per heavy atom. The highest BCUT2D eigenvalue weighted by atomic mass is 19.1. The summed E-state index contributed by atoms with van der Waals surface area (Å²) in [6.45, 7) is 6.14. The van der Waals surface area contributed by atoms with Gasteiger partial charge in [0, 0.05) is 17.6 Å². The highest BCUT2D eigenvalue weighted by Crippen LogP contribution is 2.15. The lowest BCUT2D eigenvalue weighted by molar-refractivity contribution is -0.121. The van der Waals surface area contributed by atoms with E-state index in [1.807, 2.05) is 20.8 Å². The summed E-state index contributed by atoms with van der Waals surface area (Å²) >= 11 is 0. The van der Waals surface area contributed by atoms with Crippen molar-refractivity contribution in [2.75, 3.05) is 6.54 Å². The number of carbonyl (C=O) groups excluding carboxylic acids is 1. The summed E-state index contributed by atoms with van der Waals surface area (Å²) in [5.41, 5.74) is 0.581. The molecule has 1 amide bonds. The summed E-state index contributed by atoms with van der Waals surface area (Å²) in [7, 11) is 0. The molecule has 0 spiro atoms. The highest BCUT2D eigenvalue weighted by molar-refractivity contribution is 5.78. The van der Waals surface area contributed by atoms with Crippen molar-refractivity contribution in [3.63, 3.8) is 0 Å². The fourth-order valence-corrected chi connectivity index (χ4v) is 1.95. The van der Waals surface area contributed by atoms with Crippen LogP contribution in [0.2, 0.25) is 0 Å². The van der Waals surface area contributed by atoms with Crippen LogP contribution in [0.15, 0.2) is 24.3 Å². The Labute approximate surface area is 114 Å². The monoisotopic (exact) mass is 266 g/mol. The normalized spacial score (nSPS) is 12.5. The van der Waals surface area contributed by atoms with Crippen molar-refractivity contribution >= 4 is 5.91 Å². The Kier molecular flexibility index (Phi) is 6.50. The molecule has 0 radical (unpaired) electrons. The molecule has 0 saturated heterocycles. The van der Waals surface area contributed by atoms with E-state index >= 15 is 0 Å². The third kappa shape index (κ3) is 4.99. The minimum absolute atomic E-state index is 0.0445. The molecule has 0 aliphatic rings. The third-order valence-corrected chi connectivity index (χ3v) is 3.29. The number of nitrogens with one attached hydrogen (secondary N) is 2. The lowest BCUT2D eigenvalue weighted by Crippen LogP contribution is -2.40. The predicted octanol–water partition coefficient (Wildman–Crippen LogP) is 2.78. The smallest absolute Gasteiger partial charge is 0.234 e. The second-order valence-corrected chi connectivity index (χ2v) is 4.71. The number of carbonyl (C=O) groups is 1. The first kappa shape index (κ1) is 15.6. The van der Waals surface area contributed by atoms with Crippen LogP contribution in [-0.2, 0) is 4.79 Å². The van der Waals surface area contributed by atoms with E-state index < -0.39 is 0 Å². The molecule has 0 bridgehead atoms. The molecule has 4 heteroatoms. The minimum Gasteiger partial charge on any atom is -0.352 e. The zero-order valence-corrected chi connectivity index (χ0v) is 11.9. The van der Waals surface area contributed by atoms with Crippen molar-refractivity contribution in [3.8, 4) is 0 Å². The second kappa shape index (κ2) is 7.89. The molecule has 0 fully saturated rings. The maximum Gasteiger partial charge on any atom is 0.234 e. The average molecular weight is 266 g/mol. The fourth-order valence-electron chi connectivity index (χ4n) is 1.95. The van der Waals surface area contributed by atoms with Crippen molar-refractivity contribution in [1.82, 2.24) is 10.6 Å². The first-order valence-electron chi connectivity index (χ1n) is 6.85. The van der Waals surface area contributed by atoms with E-state index in [1.165, 1.54) is 6.07 Å². The van der Waals surface area contributed by atoms with Gasteiger partial charge in [-0.2, -0.15) is 0 Å². The maximum atomic E-state index is 13.5. The Balaban J connectivity index is 2.44. The first-order chi connectivity index (χ1) is 9.08. The SMILES string of the molecule is CCC(CC)NC(=O)CNC(C)c1ccccc1F. The van der Waals surface area contributed by atoms with Crippen LogP contribution >= 0.6 is 0 Å². The van der Waals surface area contributed by atoms with Gasteiger partial charge < -0.3 is 10.6 Å². The van der Waals surface area contributed by atoms with E-state index in [0.717, 1.165) is 12.8 Å². The number of hydrogen-bond donors (Lipinski definition) is 2. The molecule has 0 heterocycles. The molecule has 0 aliphatic heterocycles. The van der Waals surface area contributed by atoms with Crippen molar-refractivity contribution in [1.29, 1.82) is 0 Å². The number of hydrogen-bond acceptors (Lipinski definition) is 2. The van der Waals surface area contributed by atoms with Crippen LogP contribution in [0.25, 0.3) is 0 Å². The van der Waals surface area contributed by atoms with Crippen LogP contribution in [0, 0.1) is 5.82 Å². The molecule has 1 rings (SSSR count). The molecular weight excluding hydrogens is 243 g/mol. The number of halogens is 1. The fraction of sp³-hybridized carbons (Fsp3) is 0.533. The molecule has 19 heavy (non-hydrogen) atoms. The first-order valence-corrected chi connectivity index (χ1v) is 6.85. The summed E-state index contributed by atoms with van der Waals surface area (Å²) in [5, 5.41) is 5.98. The van der Waals surface area contributed by atoms with Gasteiger partial charge in [0.15, 0.2) is 0 Å². The Hall–Kier alpha value is -1.42. The van der Waals surface area contributed by atoms with Gasteiger partial charge in [-0.25, -0.2) is 4.39 Å². The van der Waals surface area contributed by atoms with Gasteiger partial charge in [-0.15, -0.1) is 0 Å². The van der Waals surface area contributed by atoms with Gasteiger partial charge in [0.1, 0.15) is 5.82 Å². The van der Waals surface area contributed by atoms with Crippen molar-refractivity contribution in [3.05, 3.63) is 35.6 Å². The summed E-state index contributed by atoms with van der Waals surface area (Å²) < 4.78 is 13.5. The molecule has 1 aromatic rings. The molecule has 3 nitrogen and oxygen atoms in total. The lowest BCUT2D eigenvalue weighted by Gasteiger charge is -2.18. The Morgan fingerprint density at radius 2 is 1.89 bits per heavy atom. The van der Waals surface area contributed by atoms with Gasteiger partial charge in [-0.05, 0) is 25.8 Å². The number of amides is 1. The second-order valence-electron chi connectivity index (χ2n) is 4.71. The minimum atomic E-state index is -0.247. The maximum absolute atomic E-state index is 13.5. The van der Waals surface area contributed by atoms with Crippen molar-refractivity contribution in [2.24, 2.45) is 0 Å². The van der Waals surface area contributed by atoms with Gasteiger partial charge in [-0.1, -0.05) is 32.0 Å². The van der Waals surface area contributed by atoms with Gasteiger partial charge >= 0.3 is 0 Å². The highest BCUT2D eigenvalue weighted by Gasteiger charge is 2.12. The van der Waals surface area contributed by atoms with Gasteiger partial charge in [0.05, 0.1) is 6.54 Å². The topological polar surface area (TPSA) is 41.1 Å². The molecule has 1 unspecified atom stereocenters. The Bertz CT molecular complexity index is 405. The van der Waals surface area contributed by atoms with Gasteiger partial charge in [0.25, 0.3) is 0 Å². The predicted molar refractivity (Wildman–Crippen MR) is 75.3 cm³/mol. The van der Waals surface area contributed by atoms with E-state index in [-0.39, 0.29) is 30.4 Å². The van der Waals surface area contributed by atoms with E-state index in [0.29, 0.717) is 5.56 Å². The summed E-state index contributed by atoms with van der Waals surface area (Å²) in [6, 6.07) is 6.64. The number of benzene rings is 1. The van der Waals surface area contributed by atoms with Crippen LogP contribution in [0.5, 0.6) is 0 Å². The molecule has 1 aromatic carbocycles. The van der Waals surface area contributed by atoms with Crippen LogP contribution < -0.4 is 10.6 Å². The van der Waals surface area contributed by atoms with Crippen LogP contribution in [0.4, 0.5) is 4.39 Å². The van der Waals surface area contributed by atoms with E-state index in [1.54, 1.807) is 18.2 Å². The summed E-state index contributed by atoms with van der Waals surface area (Å²) in [6.07, 6.45) is 1.84. The lowest BCUT2D eigenvalue weighted by atomic mass is 10.1. The standard InChI is InChI=1S/C15H23FN2O/c1-4-12(5-2)18-15(19)10-17-11(3)13-8-6-7-9-14(13)16/h6-9,11-12,17H,4-5,10H2,1-3H3,(H,18,19). The molecule has 1 atom stereocenters. The zero-order valence-electron chi connectivity index (χ0n) is 11.9. The summed E-state index contributed by atoms with van der Waals surface area (Å²) in [5.74, 6) is -0.292. The average Bonchev–Trinajstić information content (AvgIpc) is 2.42.